The molecule has 0 N–H and O–H groups in total. The molecule has 0 amide bonds. The van der Waals surface area contributed by atoms with Crippen molar-refractivity contribution in [2.75, 3.05) is 13.7 Å². The topological polar surface area (TPSA) is 91.9 Å². The van der Waals surface area contributed by atoms with Gasteiger partial charge in [-0.15, -0.1) is 22.7 Å². The van der Waals surface area contributed by atoms with E-state index in [4.69, 9.17) is 9.47 Å². The van der Waals surface area contributed by atoms with Gasteiger partial charge in [-0.25, -0.2) is 14.6 Å². The number of hydrogen-bond acceptors (Lipinski definition) is 9. The van der Waals surface area contributed by atoms with Crippen molar-refractivity contribution >= 4 is 52.0 Å². The Hall–Kier alpha value is -3.54. The molecule has 40 heavy (non-hydrogen) atoms. The number of aromatic nitrogens is 2. The second-order valence-electron chi connectivity index (χ2n) is 9.43. The number of thiazole rings is 1. The molecule has 1 aliphatic heterocycles. The lowest BCUT2D eigenvalue weighted by Crippen LogP contribution is -2.39. The molecule has 8 nitrogen and oxygen atoms in total. The van der Waals surface area contributed by atoms with Crippen molar-refractivity contribution in [3.05, 3.63) is 92.4 Å². The van der Waals surface area contributed by atoms with Gasteiger partial charge in [0.2, 0.25) is 0 Å². The number of carbonyl (C=O) groups excluding carboxylic acids is 2. The highest BCUT2D eigenvalue weighted by molar-refractivity contribution is 7.15. The molecular weight excluding hydrogens is 567 g/mol. The van der Waals surface area contributed by atoms with Gasteiger partial charge < -0.3 is 14.0 Å². The van der Waals surface area contributed by atoms with Crippen LogP contribution < -0.4 is 14.9 Å². The van der Waals surface area contributed by atoms with Gasteiger partial charge in [0, 0.05) is 21.1 Å². The highest BCUT2D eigenvalue weighted by Gasteiger charge is 2.34. The summed E-state index contributed by atoms with van der Waals surface area (Å²) in [6.45, 7) is 11.6. The maximum Gasteiger partial charge on any atom is 0.341 e. The second kappa shape index (κ2) is 10.8. The fourth-order valence-electron chi connectivity index (χ4n) is 5.00. The molecule has 4 aromatic heterocycles. The summed E-state index contributed by atoms with van der Waals surface area (Å²) in [6, 6.07) is 5.22. The maximum atomic E-state index is 13.9. The lowest BCUT2D eigenvalue weighted by atomic mass is 10.0. The highest BCUT2D eigenvalue weighted by atomic mass is 32.1. The first-order valence-electron chi connectivity index (χ1n) is 12.7. The van der Waals surface area contributed by atoms with Gasteiger partial charge in [0.25, 0.3) is 5.56 Å². The first-order valence-corrected chi connectivity index (χ1v) is 15.2. The van der Waals surface area contributed by atoms with Gasteiger partial charge in [-0.2, -0.15) is 0 Å². The first-order chi connectivity index (χ1) is 19.1. The average molecular weight is 596 g/mol. The second-order valence-corrected chi connectivity index (χ2v) is 12.6. The third-order valence-electron chi connectivity index (χ3n) is 7.05. The van der Waals surface area contributed by atoms with E-state index in [-0.39, 0.29) is 18.1 Å². The van der Waals surface area contributed by atoms with Crippen LogP contribution in [0.5, 0.6) is 0 Å². The molecule has 0 aromatic carbocycles. The van der Waals surface area contributed by atoms with Crippen LogP contribution in [0.15, 0.2) is 44.6 Å². The average Bonchev–Trinajstić information content (AvgIpc) is 3.67. The zero-order valence-electron chi connectivity index (χ0n) is 23.3. The normalized spacial score (nSPS) is 15.3. The summed E-state index contributed by atoms with van der Waals surface area (Å²) in [5.41, 5.74) is 4.83. The lowest BCUT2D eigenvalue weighted by Gasteiger charge is -2.23. The number of hydrogen-bond donors (Lipinski definition) is 0. The zero-order valence-corrected chi connectivity index (χ0v) is 25.7. The van der Waals surface area contributed by atoms with Crippen LogP contribution in [-0.2, 0) is 14.3 Å². The van der Waals surface area contributed by atoms with Crippen molar-refractivity contribution in [2.24, 2.45) is 4.99 Å². The predicted molar refractivity (Wildman–Crippen MR) is 159 cm³/mol. The van der Waals surface area contributed by atoms with E-state index in [0.29, 0.717) is 26.2 Å². The zero-order chi connectivity index (χ0) is 28.9. The Labute approximate surface area is 243 Å². The van der Waals surface area contributed by atoms with Crippen molar-refractivity contribution in [3.8, 4) is 5.00 Å². The van der Waals surface area contributed by atoms with E-state index in [0.717, 1.165) is 37.3 Å². The fourth-order valence-corrected chi connectivity index (χ4v) is 8.12. The molecule has 0 spiro atoms. The smallest absolute Gasteiger partial charge is 0.341 e. The summed E-state index contributed by atoms with van der Waals surface area (Å²) in [4.78, 5) is 46.6. The van der Waals surface area contributed by atoms with Gasteiger partial charge in [0.15, 0.2) is 4.80 Å². The Morgan fingerprint density at radius 2 is 1.88 bits per heavy atom. The van der Waals surface area contributed by atoms with Crippen LogP contribution in [0, 0.1) is 27.7 Å². The molecule has 1 atom stereocenters. The van der Waals surface area contributed by atoms with Gasteiger partial charge in [-0.1, -0.05) is 17.4 Å². The monoisotopic (exact) mass is 595 g/mol. The van der Waals surface area contributed by atoms with Gasteiger partial charge in [0.05, 0.1) is 35.1 Å². The van der Waals surface area contributed by atoms with E-state index in [2.05, 4.69) is 4.99 Å². The Bertz CT molecular complexity index is 1870. The molecule has 208 valence electrons. The SMILES string of the molecule is CCOC(=O)C1=C(C)N=c2s/c(=C\c3cc(C)n(-c4sc(C)c(C)c4C(=O)OC)c3C)c(=O)n2[C@H]1c1cccs1. The van der Waals surface area contributed by atoms with Crippen LogP contribution >= 0.6 is 34.0 Å². The van der Waals surface area contributed by atoms with Crippen molar-refractivity contribution in [3.63, 3.8) is 0 Å². The number of ether oxygens (including phenoxy) is 2. The number of thiophene rings is 2. The highest BCUT2D eigenvalue weighted by Crippen LogP contribution is 2.35. The molecule has 0 aliphatic carbocycles. The quantitative estimate of drug-likeness (QED) is 0.301. The third kappa shape index (κ3) is 4.51. The standard InChI is InChI=1S/C29H29N3O5S3/c1-8-37-28(35)23-16(4)30-29-32(24(23)20-10-9-11-38-20)25(33)21(40-29)13-19-12-14(2)31(17(19)5)26-22(27(34)36-7)15(3)18(6)39-26/h9-13,24H,8H2,1-7H3/b21-13-/t24-/m0/s1. The van der Waals surface area contributed by atoms with Crippen molar-refractivity contribution in [1.82, 2.24) is 9.13 Å². The van der Waals surface area contributed by atoms with E-state index in [1.807, 2.05) is 61.9 Å². The number of allylic oxidation sites excluding steroid dienone is 1. The molecule has 0 bridgehead atoms. The van der Waals surface area contributed by atoms with Gasteiger partial charge >= 0.3 is 11.9 Å². The molecule has 0 radical (unpaired) electrons. The van der Waals surface area contributed by atoms with E-state index < -0.39 is 12.0 Å². The van der Waals surface area contributed by atoms with Crippen molar-refractivity contribution in [2.45, 2.75) is 47.6 Å². The summed E-state index contributed by atoms with van der Waals surface area (Å²) in [5, 5.41) is 2.72. The van der Waals surface area contributed by atoms with E-state index in [1.165, 1.54) is 41.1 Å². The Morgan fingerprint density at radius 1 is 1.12 bits per heavy atom. The van der Waals surface area contributed by atoms with Crippen LogP contribution in [0.3, 0.4) is 0 Å². The largest absolute Gasteiger partial charge is 0.465 e. The summed E-state index contributed by atoms with van der Waals surface area (Å²) < 4.78 is 14.6. The van der Waals surface area contributed by atoms with Crippen LogP contribution in [0.4, 0.5) is 0 Å². The maximum absolute atomic E-state index is 13.9. The molecule has 1 aliphatic rings. The first kappa shape index (κ1) is 28.0. The Balaban J connectivity index is 1.68. The van der Waals surface area contributed by atoms with Gasteiger partial charge in [-0.05, 0) is 76.3 Å². The van der Waals surface area contributed by atoms with Crippen LogP contribution in [0.2, 0.25) is 0 Å². The number of aryl methyl sites for hydroxylation is 2. The molecule has 0 unspecified atom stereocenters. The summed E-state index contributed by atoms with van der Waals surface area (Å²) in [5.74, 6) is -0.844. The van der Waals surface area contributed by atoms with E-state index in [1.54, 1.807) is 18.4 Å². The molecule has 0 fully saturated rings. The van der Waals surface area contributed by atoms with E-state index in [9.17, 15) is 14.4 Å². The molecule has 5 heterocycles. The fraction of sp³-hybridized carbons (Fsp3) is 0.310. The summed E-state index contributed by atoms with van der Waals surface area (Å²) in [7, 11) is 1.39. The molecule has 0 saturated heterocycles. The predicted octanol–water partition coefficient (Wildman–Crippen LogP) is 4.73. The van der Waals surface area contributed by atoms with Crippen LogP contribution in [-0.4, -0.2) is 34.8 Å². The van der Waals surface area contributed by atoms with Crippen LogP contribution in [0.25, 0.3) is 11.1 Å². The minimum Gasteiger partial charge on any atom is -0.465 e. The third-order valence-corrected chi connectivity index (χ3v) is 10.1. The summed E-state index contributed by atoms with van der Waals surface area (Å²) >= 11 is 4.31. The molecule has 0 saturated carbocycles. The Morgan fingerprint density at radius 3 is 2.52 bits per heavy atom. The van der Waals surface area contributed by atoms with Crippen LogP contribution in [0.1, 0.15) is 62.5 Å². The van der Waals surface area contributed by atoms with Crippen molar-refractivity contribution < 1.29 is 19.1 Å². The molecule has 5 rings (SSSR count). The van der Waals surface area contributed by atoms with E-state index >= 15 is 0 Å². The summed E-state index contributed by atoms with van der Waals surface area (Å²) in [6.07, 6.45) is 1.86. The molecule has 11 heteroatoms. The minimum atomic E-state index is -0.607. The number of carbonyl (C=O) groups is 2. The Kier molecular flexibility index (Phi) is 7.56. The lowest BCUT2D eigenvalue weighted by molar-refractivity contribution is -0.139. The molecule has 4 aromatic rings. The number of fused-ring (bicyclic) bond motifs is 1. The molecular formula is C29H29N3O5S3. The number of esters is 2. The number of methoxy groups -OCH3 is 1. The minimum absolute atomic E-state index is 0.223. The van der Waals surface area contributed by atoms with Crippen molar-refractivity contribution in [1.29, 1.82) is 0 Å². The van der Waals surface area contributed by atoms with Gasteiger partial charge in [-0.3, -0.25) is 9.36 Å². The van der Waals surface area contributed by atoms with Gasteiger partial charge in [0.1, 0.15) is 11.0 Å². The number of rotatable bonds is 6. The number of nitrogens with zero attached hydrogens (tertiary/aromatic N) is 3.